The molecule has 2 heterocycles. The number of nitrogens with zero attached hydrogens (tertiary/aromatic N) is 5. The van der Waals surface area contributed by atoms with Crippen molar-refractivity contribution in [3.63, 3.8) is 0 Å². The van der Waals surface area contributed by atoms with Crippen molar-refractivity contribution in [2.24, 2.45) is 0 Å². The summed E-state index contributed by atoms with van der Waals surface area (Å²) in [6.07, 6.45) is 3.19. The van der Waals surface area contributed by atoms with Gasteiger partial charge in [-0.1, -0.05) is 37.3 Å². The van der Waals surface area contributed by atoms with Gasteiger partial charge in [0.25, 0.3) is 11.6 Å². The van der Waals surface area contributed by atoms with E-state index in [-0.39, 0.29) is 16.5 Å². The number of hydrogen-bond donors (Lipinski definition) is 0. The minimum absolute atomic E-state index is 0.0132. The summed E-state index contributed by atoms with van der Waals surface area (Å²) in [7, 11) is 0. The van der Waals surface area contributed by atoms with Crippen molar-refractivity contribution in [2.75, 3.05) is 49.1 Å². The summed E-state index contributed by atoms with van der Waals surface area (Å²) in [6, 6.07) is 12.7. The molecule has 1 amide bonds. The number of nitro groups is 1. The fourth-order valence-corrected chi connectivity index (χ4v) is 5.39. The number of likely N-dealkylation sites (N-methyl/N-ethyl adjacent to an activating group) is 1. The topological polar surface area (TPSA) is 82.8 Å². The fraction of sp³-hybridized carbons (Fsp3) is 0.440. The molecule has 4 rings (SSSR count). The van der Waals surface area contributed by atoms with Crippen LogP contribution in [0.25, 0.3) is 10.2 Å². The lowest BCUT2D eigenvalue weighted by Gasteiger charge is -2.28. The zero-order chi connectivity index (χ0) is 24.1. The minimum atomic E-state index is -0.376. The second kappa shape index (κ2) is 10.9. The zero-order valence-corrected chi connectivity index (χ0v) is 20.6. The highest BCUT2D eigenvalue weighted by Crippen LogP contribution is 2.33. The highest BCUT2D eigenvalue weighted by molar-refractivity contribution is 7.22. The zero-order valence-electron chi connectivity index (χ0n) is 19.8. The summed E-state index contributed by atoms with van der Waals surface area (Å²) in [5, 5.41) is 12.5. The summed E-state index contributed by atoms with van der Waals surface area (Å²) < 4.78 is 1.00. The molecule has 1 fully saturated rings. The summed E-state index contributed by atoms with van der Waals surface area (Å²) in [5.41, 5.74) is 1.73. The van der Waals surface area contributed by atoms with E-state index in [1.54, 1.807) is 17.0 Å². The molecular weight excluding hydrogens is 450 g/mol. The molecule has 0 bridgehead atoms. The van der Waals surface area contributed by atoms with E-state index in [2.05, 4.69) is 23.6 Å². The molecule has 3 aromatic rings. The van der Waals surface area contributed by atoms with Crippen molar-refractivity contribution in [3.05, 3.63) is 58.1 Å². The Morgan fingerprint density at radius 1 is 1.09 bits per heavy atom. The Labute approximate surface area is 203 Å². The number of para-hydroxylation sites is 1. The second-order valence-electron chi connectivity index (χ2n) is 8.46. The molecular formula is C25H31N5O3S. The molecule has 180 valence electrons. The van der Waals surface area contributed by atoms with Crippen molar-refractivity contribution in [1.82, 2.24) is 9.88 Å². The summed E-state index contributed by atoms with van der Waals surface area (Å²) in [4.78, 5) is 35.9. The fourth-order valence-electron chi connectivity index (χ4n) is 4.40. The maximum atomic E-state index is 13.7. The number of anilines is 2. The van der Waals surface area contributed by atoms with Gasteiger partial charge in [0.05, 0.1) is 15.1 Å². The van der Waals surface area contributed by atoms with Crippen LogP contribution in [0.5, 0.6) is 0 Å². The number of hydrogen-bond acceptors (Lipinski definition) is 7. The largest absolute Gasteiger partial charge is 0.366 e. The van der Waals surface area contributed by atoms with Gasteiger partial charge in [-0.3, -0.25) is 19.8 Å². The number of carbonyl (C=O) groups is 1. The molecule has 1 aliphatic rings. The van der Waals surface area contributed by atoms with Gasteiger partial charge in [-0.15, -0.1) is 0 Å². The Bertz CT molecular complexity index is 1120. The maximum Gasteiger partial charge on any atom is 0.293 e. The van der Waals surface area contributed by atoms with Crippen LogP contribution < -0.4 is 9.80 Å². The Balaban J connectivity index is 1.68. The summed E-state index contributed by atoms with van der Waals surface area (Å²) >= 11 is 1.46. The number of carbonyl (C=O) groups excluding carboxylic acids is 1. The molecule has 34 heavy (non-hydrogen) atoms. The molecule has 1 aliphatic heterocycles. The van der Waals surface area contributed by atoms with Gasteiger partial charge < -0.3 is 9.80 Å². The average molecular weight is 482 g/mol. The Kier molecular flexibility index (Phi) is 7.74. The van der Waals surface area contributed by atoms with Crippen molar-refractivity contribution >= 4 is 44.0 Å². The number of nitro benzene ring substituents is 1. The van der Waals surface area contributed by atoms with Crippen LogP contribution in [0.15, 0.2) is 42.5 Å². The lowest BCUT2D eigenvalue weighted by Crippen LogP contribution is -2.39. The predicted octanol–water partition coefficient (Wildman–Crippen LogP) is 5.18. The molecule has 0 spiro atoms. The second-order valence-corrected chi connectivity index (χ2v) is 9.47. The van der Waals surface area contributed by atoms with E-state index in [4.69, 9.17) is 4.98 Å². The Morgan fingerprint density at radius 2 is 1.82 bits per heavy atom. The number of aromatic nitrogens is 1. The molecule has 0 radical (unpaired) electrons. The van der Waals surface area contributed by atoms with Crippen molar-refractivity contribution < 1.29 is 9.72 Å². The van der Waals surface area contributed by atoms with Crippen molar-refractivity contribution in [3.8, 4) is 0 Å². The van der Waals surface area contributed by atoms with E-state index in [1.807, 2.05) is 24.3 Å². The number of rotatable bonds is 9. The van der Waals surface area contributed by atoms with Crippen molar-refractivity contribution in [1.29, 1.82) is 0 Å². The van der Waals surface area contributed by atoms with Gasteiger partial charge in [-0.05, 0) is 56.6 Å². The lowest BCUT2D eigenvalue weighted by atomic mass is 10.1. The molecule has 0 N–H and O–H groups in total. The Hall–Kier alpha value is -3.04. The summed E-state index contributed by atoms with van der Waals surface area (Å²) in [6.45, 7) is 8.71. The highest BCUT2D eigenvalue weighted by Gasteiger charge is 2.27. The molecule has 1 saturated heterocycles. The number of fused-ring (bicyclic) bond motifs is 1. The van der Waals surface area contributed by atoms with Gasteiger partial charge in [0.1, 0.15) is 5.69 Å². The molecule has 1 aromatic heterocycles. The van der Waals surface area contributed by atoms with Gasteiger partial charge in [0.2, 0.25) is 0 Å². The third-order valence-corrected chi connectivity index (χ3v) is 7.47. The van der Waals surface area contributed by atoms with Crippen LogP contribution in [0.1, 0.15) is 43.5 Å². The SMILES string of the molecule is CCN(CC)CCN(C(=O)c1ccc(N2CCCCC2)c([N+](=O)[O-])c1)c1nc2ccccc2s1. The van der Waals surface area contributed by atoms with Crippen LogP contribution in [0.2, 0.25) is 0 Å². The molecule has 0 atom stereocenters. The van der Waals surface area contributed by atoms with Crippen LogP contribution in [0.3, 0.4) is 0 Å². The smallest absolute Gasteiger partial charge is 0.293 e. The first kappa shape index (κ1) is 24.1. The van der Waals surface area contributed by atoms with Gasteiger partial charge in [0, 0.05) is 37.8 Å². The molecule has 0 aliphatic carbocycles. The van der Waals surface area contributed by atoms with Crippen LogP contribution in [-0.4, -0.2) is 60.0 Å². The standard InChI is InChI=1S/C25H31N5O3S/c1-3-27(4-2)16-17-29(25-26-20-10-6-7-11-23(20)34-25)24(31)19-12-13-21(22(18-19)30(32)33)28-14-8-5-9-15-28/h6-7,10-13,18H,3-5,8-9,14-17H2,1-2H3. The van der Waals surface area contributed by atoms with E-state index < -0.39 is 0 Å². The van der Waals surface area contributed by atoms with Crippen LogP contribution in [0.4, 0.5) is 16.5 Å². The van der Waals surface area contributed by atoms with E-state index in [9.17, 15) is 14.9 Å². The molecule has 9 heteroatoms. The third kappa shape index (κ3) is 5.20. The summed E-state index contributed by atoms with van der Waals surface area (Å²) in [5.74, 6) is -0.264. The molecule has 0 unspecified atom stereocenters. The first-order valence-electron chi connectivity index (χ1n) is 11.9. The van der Waals surface area contributed by atoms with E-state index in [0.29, 0.717) is 29.5 Å². The number of benzene rings is 2. The van der Waals surface area contributed by atoms with Crippen LogP contribution >= 0.6 is 11.3 Å². The predicted molar refractivity (Wildman–Crippen MR) is 138 cm³/mol. The Morgan fingerprint density at radius 3 is 2.50 bits per heavy atom. The maximum absolute atomic E-state index is 13.7. The third-order valence-electron chi connectivity index (χ3n) is 6.41. The normalized spacial score (nSPS) is 14.0. The highest BCUT2D eigenvalue weighted by atomic mass is 32.1. The van der Waals surface area contributed by atoms with E-state index in [0.717, 1.165) is 55.7 Å². The number of piperidine rings is 1. The number of amides is 1. The van der Waals surface area contributed by atoms with Gasteiger partial charge >= 0.3 is 0 Å². The van der Waals surface area contributed by atoms with E-state index in [1.165, 1.54) is 17.4 Å². The average Bonchev–Trinajstić information content (AvgIpc) is 3.30. The monoisotopic (exact) mass is 481 g/mol. The molecule has 0 saturated carbocycles. The van der Waals surface area contributed by atoms with E-state index >= 15 is 0 Å². The number of thiazole rings is 1. The molecule has 2 aromatic carbocycles. The van der Waals surface area contributed by atoms with Crippen LogP contribution in [0, 0.1) is 10.1 Å². The van der Waals surface area contributed by atoms with Gasteiger partial charge in [-0.25, -0.2) is 4.98 Å². The molecule has 8 nitrogen and oxygen atoms in total. The minimum Gasteiger partial charge on any atom is -0.366 e. The first-order valence-corrected chi connectivity index (χ1v) is 12.8. The lowest BCUT2D eigenvalue weighted by molar-refractivity contribution is -0.384. The van der Waals surface area contributed by atoms with Gasteiger partial charge in [0.15, 0.2) is 5.13 Å². The quantitative estimate of drug-likeness (QED) is 0.309. The van der Waals surface area contributed by atoms with Crippen LogP contribution in [-0.2, 0) is 0 Å². The van der Waals surface area contributed by atoms with Gasteiger partial charge in [-0.2, -0.15) is 0 Å². The first-order chi connectivity index (χ1) is 16.5. The van der Waals surface area contributed by atoms with Crippen molar-refractivity contribution in [2.45, 2.75) is 33.1 Å².